The van der Waals surface area contributed by atoms with Gasteiger partial charge in [0.2, 0.25) is 0 Å². The van der Waals surface area contributed by atoms with Gasteiger partial charge in [-0.1, -0.05) is 55.0 Å². The fourth-order valence-corrected chi connectivity index (χ4v) is 4.78. The van der Waals surface area contributed by atoms with Gasteiger partial charge in [-0.15, -0.1) is 0 Å². The second kappa shape index (κ2) is 10.4. The number of carbonyl (C=O) groups is 1. The molecule has 32 heavy (non-hydrogen) atoms. The molecular formula is C26H23IN2O2S. The molecule has 0 spiro atoms. The van der Waals surface area contributed by atoms with Crippen LogP contribution in [0.25, 0.3) is 6.08 Å². The van der Waals surface area contributed by atoms with E-state index >= 15 is 0 Å². The number of aryl methyl sites for hydroxylation is 2. The molecule has 4 nitrogen and oxygen atoms in total. The molecule has 0 aliphatic carbocycles. The van der Waals surface area contributed by atoms with Gasteiger partial charge < -0.3 is 10.1 Å². The minimum atomic E-state index is -0.131. The highest BCUT2D eigenvalue weighted by Crippen LogP contribution is 2.30. The first kappa shape index (κ1) is 22.6. The summed E-state index contributed by atoms with van der Waals surface area (Å²) in [6.07, 6.45) is 2.87. The summed E-state index contributed by atoms with van der Waals surface area (Å²) in [6, 6.07) is 22.3. The maximum Gasteiger partial charge on any atom is 0.264 e. The first-order chi connectivity index (χ1) is 15.5. The molecule has 3 aromatic rings. The number of hydrogen-bond acceptors (Lipinski definition) is 4. The summed E-state index contributed by atoms with van der Waals surface area (Å²) in [5.74, 6) is 0.698. The Morgan fingerprint density at radius 3 is 2.59 bits per heavy atom. The second-order valence-corrected chi connectivity index (χ2v) is 9.66. The van der Waals surface area contributed by atoms with Crippen LogP contribution in [0.15, 0.2) is 76.6 Å². The lowest BCUT2D eigenvalue weighted by Crippen LogP contribution is -2.19. The molecule has 6 heteroatoms. The SMILES string of the molecule is CCc1ccc(N=C2NC(=O)/C(=C/c3ccc(OCc4cccc(C)c4)c(I)c3)S2)cc1. The number of thioether (sulfide) groups is 1. The molecule has 0 atom stereocenters. The van der Waals surface area contributed by atoms with Crippen molar-refractivity contribution >= 4 is 57.2 Å². The molecule has 0 bridgehead atoms. The average molecular weight is 554 g/mol. The molecule has 1 heterocycles. The lowest BCUT2D eigenvalue weighted by molar-refractivity contribution is -0.115. The van der Waals surface area contributed by atoms with E-state index in [1.54, 1.807) is 0 Å². The quantitative estimate of drug-likeness (QED) is 0.275. The van der Waals surface area contributed by atoms with Crippen LogP contribution >= 0.6 is 34.4 Å². The maximum absolute atomic E-state index is 12.4. The molecule has 1 aliphatic heterocycles. The first-order valence-electron chi connectivity index (χ1n) is 10.4. The van der Waals surface area contributed by atoms with Crippen molar-refractivity contribution in [1.29, 1.82) is 0 Å². The van der Waals surface area contributed by atoms with Gasteiger partial charge in [-0.3, -0.25) is 4.79 Å². The van der Waals surface area contributed by atoms with Crippen LogP contribution in [0.3, 0.4) is 0 Å². The number of amidine groups is 1. The zero-order valence-corrected chi connectivity index (χ0v) is 20.9. The van der Waals surface area contributed by atoms with Crippen LogP contribution in [0, 0.1) is 10.5 Å². The fourth-order valence-electron chi connectivity index (χ4n) is 3.24. The highest BCUT2D eigenvalue weighted by Gasteiger charge is 2.23. The number of carbonyl (C=O) groups excluding carboxylic acids is 1. The third-order valence-corrected chi connectivity index (χ3v) is 6.71. The van der Waals surface area contributed by atoms with E-state index in [1.807, 2.05) is 42.5 Å². The topological polar surface area (TPSA) is 50.7 Å². The van der Waals surface area contributed by atoms with E-state index in [9.17, 15) is 4.79 Å². The largest absolute Gasteiger partial charge is 0.488 e. The van der Waals surface area contributed by atoms with Crippen LogP contribution < -0.4 is 10.1 Å². The number of nitrogens with one attached hydrogen (secondary N) is 1. The number of nitrogens with zero attached hydrogens (tertiary/aromatic N) is 1. The molecule has 1 fully saturated rings. The van der Waals surface area contributed by atoms with Gasteiger partial charge in [0.05, 0.1) is 14.2 Å². The summed E-state index contributed by atoms with van der Waals surface area (Å²) >= 11 is 3.62. The third kappa shape index (κ3) is 5.81. The lowest BCUT2D eigenvalue weighted by Gasteiger charge is -2.09. The number of rotatable bonds is 6. The Morgan fingerprint density at radius 2 is 1.88 bits per heavy atom. The Hall–Kier alpha value is -2.58. The van der Waals surface area contributed by atoms with E-state index in [-0.39, 0.29) is 5.91 Å². The Bertz CT molecular complexity index is 1200. The molecule has 4 rings (SSSR count). The molecule has 0 saturated carbocycles. The number of ether oxygens (including phenoxy) is 1. The fraction of sp³-hybridized carbons (Fsp3) is 0.154. The zero-order chi connectivity index (χ0) is 22.5. The van der Waals surface area contributed by atoms with Gasteiger partial charge in [-0.2, -0.15) is 0 Å². The van der Waals surface area contributed by atoms with Crippen molar-refractivity contribution in [3.8, 4) is 5.75 Å². The van der Waals surface area contributed by atoms with Crippen LogP contribution in [-0.2, 0) is 17.8 Å². The van der Waals surface area contributed by atoms with Crippen LogP contribution in [0.4, 0.5) is 5.69 Å². The second-order valence-electron chi connectivity index (χ2n) is 7.47. The van der Waals surface area contributed by atoms with E-state index in [1.165, 1.54) is 22.9 Å². The first-order valence-corrected chi connectivity index (χ1v) is 12.3. The van der Waals surface area contributed by atoms with Crippen LogP contribution in [0.2, 0.25) is 0 Å². The molecule has 1 N–H and O–H groups in total. The number of aliphatic imine (C=N–C) groups is 1. The standard InChI is InChI=1S/C26H23IN2O2S/c1-3-18-7-10-21(11-8-18)28-26-29-25(30)24(32-26)15-19-9-12-23(22(27)14-19)31-16-20-6-4-5-17(2)13-20/h4-15H,3,16H2,1-2H3,(H,28,29,30)/b24-15-. The predicted molar refractivity (Wildman–Crippen MR) is 141 cm³/mol. The lowest BCUT2D eigenvalue weighted by atomic mass is 10.1. The summed E-state index contributed by atoms with van der Waals surface area (Å²) < 4.78 is 6.99. The van der Waals surface area contributed by atoms with Gasteiger partial charge in [0.1, 0.15) is 12.4 Å². The van der Waals surface area contributed by atoms with Crippen molar-refractivity contribution in [3.63, 3.8) is 0 Å². The van der Waals surface area contributed by atoms with Gasteiger partial charge in [0, 0.05) is 0 Å². The molecule has 162 valence electrons. The van der Waals surface area contributed by atoms with E-state index in [2.05, 4.69) is 77.1 Å². The highest BCUT2D eigenvalue weighted by atomic mass is 127. The number of hydrogen-bond donors (Lipinski definition) is 1. The van der Waals surface area contributed by atoms with E-state index in [0.717, 1.165) is 32.6 Å². The minimum Gasteiger partial charge on any atom is -0.488 e. The van der Waals surface area contributed by atoms with Crippen LogP contribution in [-0.4, -0.2) is 11.1 Å². The number of halogens is 1. The van der Waals surface area contributed by atoms with Crippen LogP contribution in [0.5, 0.6) is 5.75 Å². The van der Waals surface area contributed by atoms with Crippen molar-refractivity contribution < 1.29 is 9.53 Å². The molecular weight excluding hydrogens is 531 g/mol. The highest BCUT2D eigenvalue weighted by molar-refractivity contribution is 14.1. The van der Waals surface area contributed by atoms with Crippen molar-refractivity contribution in [2.24, 2.45) is 4.99 Å². The van der Waals surface area contributed by atoms with Gasteiger partial charge in [0.15, 0.2) is 5.17 Å². The van der Waals surface area contributed by atoms with Gasteiger partial charge >= 0.3 is 0 Å². The molecule has 0 aromatic heterocycles. The molecule has 1 aliphatic rings. The van der Waals surface area contributed by atoms with E-state index < -0.39 is 0 Å². The van der Waals surface area contributed by atoms with Crippen molar-refractivity contribution in [2.75, 3.05) is 0 Å². The molecule has 0 radical (unpaired) electrons. The molecule has 1 amide bonds. The third-order valence-electron chi connectivity index (χ3n) is 4.96. The van der Waals surface area contributed by atoms with Gasteiger partial charge in [-0.05, 0) is 94.7 Å². The monoisotopic (exact) mass is 554 g/mol. The van der Waals surface area contributed by atoms with Gasteiger partial charge in [-0.25, -0.2) is 4.99 Å². The molecule has 3 aromatic carbocycles. The van der Waals surface area contributed by atoms with Gasteiger partial charge in [0.25, 0.3) is 5.91 Å². The Morgan fingerprint density at radius 1 is 1.06 bits per heavy atom. The van der Waals surface area contributed by atoms with Crippen LogP contribution in [0.1, 0.15) is 29.2 Å². The van der Waals surface area contributed by atoms with Crippen molar-refractivity contribution in [1.82, 2.24) is 5.32 Å². The number of amides is 1. The summed E-state index contributed by atoms with van der Waals surface area (Å²) in [5.41, 5.74) is 5.40. The average Bonchev–Trinajstić information content (AvgIpc) is 3.12. The van der Waals surface area contributed by atoms with Crippen molar-refractivity contribution in [3.05, 3.63) is 97.5 Å². The maximum atomic E-state index is 12.4. The summed E-state index contributed by atoms with van der Waals surface area (Å²) in [6.45, 7) is 4.72. The molecule has 1 saturated heterocycles. The normalized spacial score (nSPS) is 15.9. The zero-order valence-electron chi connectivity index (χ0n) is 17.9. The summed E-state index contributed by atoms with van der Waals surface area (Å²) in [5, 5.41) is 3.45. The van der Waals surface area contributed by atoms with E-state index in [0.29, 0.717) is 16.7 Å². The minimum absolute atomic E-state index is 0.131. The molecule has 0 unspecified atom stereocenters. The Balaban J connectivity index is 1.44. The Kier molecular flexibility index (Phi) is 7.32. The van der Waals surface area contributed by atoms with E-state index in [4.69, 9.17) is 4.74 Å². The number of benzene rings is 3. The predicted octanol–water partition coefficient (Wildman–Crippen LogP) is 6.63. The smallest absolute Gasteiger partial charge is 0.264 e. The Labute approximate surface area is 206 Å². The summed E-state index contributed by atoms with van der Waals surface area (Å²) in [4.78, 5) is 17.6. The summed E-state index contributed by atoms with van der Waals surface area (Å²) in [7, 11) is 0. The van der Waals surface area contributed by atoms with Crippen molar-refractivity contribution in [2.45, 2.75) is 26.9 Å².